The summed E-state index contributed by atoms with van der Waals surface area (Å²) in [7, 11) is 0. The van der Waals surface area contributed by atoms with Gasteiger partial charge < -0.3 is 9.64 Å². The van der Waals surface area contributed by atoms with Crippen LogP contribution in [-0.4, -0.2) is 66.7 Å². The van der Waals surface area contributed by atoms with Gasteiger partial charge in [-0.05, 0) is 29.9 Å². The maximum absolute atomic E-state index is 5.45. The van der Waals surface area contributed by atoms with Gasteiger partial charge in [0.05, 0.1) is 13.2 Å². The minimum absolute atomic E-state index is 0.590. The standard InChI is InChI=1S/C21H33N3OS/c1-18(2)20-7-5-19(6-8-20)17-24(21-22-9-3-16-26-21)11-4-10-23-12-14-25-15-13-23/h5-8,18H,3-4,9-17H2,1-2H3. The van der Waals surface area contributed by atoms with Gasteiger partial charge in [0.2, 0.25) is 0 Å². The summed E-state index contributed by atoms with van der Waals surface area (Å²) in [5.74, 6) is 1.79. The van der Waals surface area contributed by atoms with Crippen molar-refractivity contribution in [1.29, 1.82) is 0 Å². The number of morpholine rings is 1. The van der Waals surface area contributed by atoms with E-state index in [1.54, 1.807) is 0 Å². The molecule has 0 aromatic heterocycles. The van der Waals surface area contributed by atoms with E-state index in [1.165, 1.54) is 34.9 Å². The fraction of sp³-hybridized carbons (Fsp3) is 0.667. The Morgan fingerprint density at radius 2 is 1.96 bits per heavy atom. The molecule has 0 radical (unpaired) electrons. The van der Waals surface area contributed by atoms with Crippen molar-refractivity contribution in [3.63, 3.8) is 0 Å². The fourth-order valence-electron chi connectivity index (χ4n) is 3.42. The Kier molecular flexibility index (Phi) is 7.84. The van der Waals surface area contributed by atoms with E-state index >= 15 is 0 Å². The van der Waals surface area contributed by atoms with Gasteiger partial charge in [0, 0.05) is 45.0 Å². The zero-order valence-electron chi connectivity index (χ0n) is 16.3. The van der Waals surface area contributed by atoms with Crippen LogP contribution in [-0.2, 0) is 11.3 Å². The van der Waals surface area contributed by atoms with Crippen LogP contribution in [0.15, 0.2) is 29.3 Å². The second-order valence-electron chi connectivity index (χ2n) is 7.49. The highest BCUT2D eigenvalue weighted by atomic mass is 32.2. The monoisotopic (exact) mass is 375 g/mol. The van der Waals surface area contributed by atoms with Crippen LogP contribution in [0.4, 0.5) is 0 Å². The van der Waals surface area contributed by atoms with E-state index in [4.69, 9.17) is 9.73 Å². The van der Waals surface area contributed by atoms with Gasteiger partial charge in [0.25, 0.3) is 0 Å². The number of thioether (sulfide) groups is 1. The zero-order valence-corrected chi connectivity index (χ0v) is 17.1. The van der Waals surface area contributed by atoms with Gasteiger partial charge in [-0.1, -0.05) is 49.9 Å². The van der Waals surface area contributed by atoms with Crippen LogP contribution in [0.3, 0.4) is 0 Å². The highest BCUT2D eigenvalue weighted by Crippen LogP contribution is 2.20. The molecule has 0 unspecified atom stereocenters. The summed E-state index contributed by atoms with van der Waals surface area (Å²) in [5, 5.41) is 1.24. The van der Waals surface area contributed by atoms with Gasteiger partial charge in [-0.25, -0.2) is 0 Å². The van der Waals surface area contributed by atoms with Crippen molar-refractivity contribution >= 4 is 16.9 Å². The lowest BCUT2D eigenvalue weighted by Gasteiger charge is -2.30. The maximum Gasteiger partial charge on any atom is 0.159 e. The van der Waals surface area contributed by atoms with Crippen LogP contribution in [0, 0.1) is 0 Å². The van der Waals surface area contributed by atoms with Crippen LogP contribution < -0.4 is 0 Å². The summed E-state index contributed by atoms with van der Waals surface area (Å²) in [5.41, 5.74) is 2.80. The summed E-state index contributed by atoms with van der Waals surface area (Å²) < 4.78 is 5.45. The first-order valence-electron chi connectivity index (χ1n) is 10.0. The molecule has 0 aliphatic carbocycles. The predicted octanol–water partition coefficient (Wildman–Crippen LogP) is 3.83. The third-order valence-electron chi connectivity index (χ3n) is 5.08. The summed E-state index contributed by atoms with van der Waals surface area (Å²) in [6, 6.07) is 9.14. The quantitative estimate of drug-likeness (QED) is 0.724. The fourth-order valence-corrected chi connectivity index (χ4v) is 4.40. The lowest BCUT2D eigenvalue weighted by atomic mass is 10.0. The van der Waals surface area contributed by atoms with E-state index in [1.807, 2.05) is 11.8 Å². The Labute approximate surface area is 163 Å². The molecule has 1 aromatic carbocycles. The van der Waals surface area contributed by atoms with Gasteiger partial charge in [-0.2, -0.15) is 0 Å². The predicted molar refractivity (Wildman–Crippen MR) is 112 cm³/mol. The number of hydrogen-bond acceptors (Lipinski definition) is 5. The summed E-state index contributed by atoms with van der Waals surface area (Å²) in [4.78, 5) is 9.83. The molecular formula is C21H33N3OS. The van der Waals surface area contributed by atoms with Gasteiger partial charge in [0.1, 0.15) is 0 Å². The molecular weight excluding hydrogens is 342 g/mol. The third-order valence-corrected chi connectivity index (χ3v) is 6.22. The van der Waals surface area contributed by atoms with Crippen LogP contribution >= 0.6 is 11.8 Å². The normalized spacial score (nSPS) is 18.8. The Morgan fingerprint density at radius 1 is 1.19 bits per heavy atom. The zero-order chi connectivity index (χ0) is 18.2. The van der Waals surface area contributed by atoms with Gasteiger partial charge in [0.15, 0.2) is 5.17 Å². The van der Waals surface area contributed by atoms with Crippen LogP contribution in [0.25, 0.3) is 0 Å². The molecule has 1 aromatic rings. The Morgan fingerprint density at radius 3 is 2.62 bits per heavy atom. The van der Waals surface area contributed by atoms with Crippen molar-refractivity contribution in [1.82, 2.24) is 9.80 Å². The highest BCUT2D eigenvalue weighted by molar-refractivity contribution is 8.13. The smallest absolute Gasteiger partial charge is 0.159 e. The molecule has 26 heavy (non-hydrogen) atoms. The number of amidine groups is 1. The molecule has 0 atom stereocenters. The first-order valence-corrected chi connectivity index (χ1v) is 11.0. The topological polar surface area (TPSA) is 28.1 Å². The highest BCUT2D eigenvalue weighted by Gasteiger charge is 2.16. The number of hydrogen-bond donors (Lipinski definition) is 0. The second kappa shape index (κ2) is 10.3. The molecule has 0 bridgehead atoms. The Balaban J connectivity index is 1.58. The van der Waals surface area contributed by atoms with E-state index in [0.717, 1.165) is 52.5 Å². The number of ether oxygens (including phenoxy) is 1. The second-order valence-corrected chi connectivity index (χ2v) is 8.55. The minimum Gasteiger partial charge on any atom is -0.379 e. The number of benzene rings is 1. The molecule has 5 heteroatoms. The van der Waals surface area contributed by atoms with Crippen molar-refractivity contribution in [2.24, 2.45) is 4.99 Å². The number of aliphatic imine (C=N–C) groups is 1. The van der Waals surface area contributed by atoms with Crippen molar-refractivity contribution in [3.05, 3.63) is 35.4 Å². The maximum atomic E-state index is 5.45. The molecule has 144 valence electrons. The molecule has 1 fully saturated rings. The molecule has 1 saturated heterocycles. The summed E-state index contributed by atoms with van der Waals surface area (Å²) in [6.07, 6.45) is 2.39. The van der Waals surface area contributed by atoms with Gasteiger partial charge >= 0.3 is 0 Å². The molecule has 2 heterocycles. The van der Waals surface area contributed by atoms with E-state index in [9.17, 15) is 0 Å². The average molecular weight is 376 g/mol. The molecule has 2 aliphatic heterocycles. The van der Waals surface area contributed by atoms with E-state index in [2.05, 4.69) is 47.9 Å². The van der Waals surface area contributed by atoms with Crippen molar-refractivity contribution < 1.29 is 4.74 Å². The SMILES string of the molecule is CC(C)c1ccc(CN(CCCN2CCOCC2)C2=NCCCS2)cc1. The molecule has 3 rings (SSSR count). The first-order chi connectivity index (χ1) is 12.7. The van der Waals surface area contributed by atoms with Crippen molar-refractivity contribution in [2.75, 3.05) is 51.7 Å². The first kappa shape index (κ1) is 19.7. The lowest BCUT2D eigenvalue weighted by molar-refractivity contribution is 0.0368. The van der Waals surface area contributed by atoms with Crippen molar-refractivity contribution in [3.8, 4) is 0 Å². The molecule has 4 nitrogen and oxygen atoms in total. The van der Waals surface area contributed by atoms with E-state index in [0.29, 0.717) is 5.92 Å². The van der Waals surface area contributed by atoms with Gasteiger partial charge in [-0.15, -0.1) is 0 Å². The van der Waals surface area contributed by atoms with Gasteiger partial charge in [-0.3, -0.25) is 9.89 Å². The van der Waals surface area contributed by atoms with E-state index < -0.39 is 0 Å². The average Bonchev–Trinajstić information content (AvgIpc) is 2.69. The molecule has 0 spiro atoms. The molecule has 0 amide bonds. The van der Waals surface area contributed by atoms with Crippen LogP contribution in [0.2, 0.25) is 0 Å². The summed E-state index contributed by atoms with van der Waals surface area (Å²) >= 11 is 1.93. The minimum atomic E-state index is 0.590. The Bertz CT molecular complexity index is 567. The third kappa shape index (κ3) is 6.00. The summed E-state index contributed by atoms with van der Waals surface area (Å²) in [6.45, 7) is 12.6. The van der Waals surface area contributed by atoms with Crippen LogP contribution in [0.1, 0.15) is 43.7 Å². The van der Waals surface area contributed by atoms with Crippen molar-refractivity contribution in [2.45, 2.75) is 39.2 Å². The Hall–Kier alpha value is -1.04. The van der Waals surface area contributed by atoms with E-state index in [-0.39, 0.29) is 0 Å². The van der Waals surface area contributed by atoms with Crippen LogP contribution in [0.5, 0.6) is 0 Å². The molecule has 2 aliphatic rings. The lowest BCUT2D eigenvalue weighted by Crippen LogP contribution is -2.39. The molecule has 0 saturated carbocycles. The number of nitrogens with zero attached hydrogens (tertiary/aromatic N) is 3. The molecule has 0 N–H and O–H groups in total. The number of rotatable bonds is 7. The largest absolute Gasteiger partial charge is 0.379 e.